The molecule has 2 heterocycles. The molecule has 0 radical (unpaired) electrons. The minimum absolute atomic E-state index is 0.544. The molecule has 2 atom stereocenters. The van der Waals surface area contributed by atoms with Crippen LogP contribution >= 0.6 is 11.6 Å². The molecular weight excluding hydrogens is 260 g/mol. The first-order valence-corrected chi connectivity index (χ1v) is 7.30. The standard InChI is InChI=1S/C14H19ClN4/c1-9-4-2-3-5-10(9)8-19-13-12(18-14(19)16)6-11(15)7-17-13/h6-7,9-10H,2-5,8H2,1H3,(H2,16,18). The predicted octanol–water partition coefficient (Wildman–Crippen LogP) is 3.49. The van der Waals surface area contributed by atoms with Crippen LogP contribution in [0.2, 0.25) is 5.02 Å². The smallest absolute Gasteiger partial charge is 0.202 e. The maximum absolute atomic E-state index is 6.03. The fourth-order valence-electron chi connectivity index (χ4n) is 3.08. The van der Waals surface area contributed by atoms with Crippen molar-refractivity contribution in [2.24, 2.45) is 11.8 Å². The third kappa shape index (κ3) is 2.41. The van der Waals surface area contributed by atoms with Crippen LogP contribution in [0.1, 0.15) is 32.6 Å². The van der Waals surface area contributed by atoms with Gasteiger partial charge < -0.3 is 5.73 Å². The summed E-state index contributed by atoms with van der Waals surface area (Å²) in [6, 6.07) is 1.82. The van der Waals surface area contributed by atoms with Crippen LogP contribution in [0.5, 0.6) is 0 Å². The third-order valence-corrected chi connectivity index (χ3v) is 4.49. The first-order valence-electron chi connectivity index (χ1n) is 6.92. The van der Waals surface area contributed by atoms with Crippen molar-refractivity contribution in [1.82, 2.24) is 14.5 Å². The van der Waals surface area contributed by atoms with Gasteiger partial charge in [0.15, 0.2) is 5.65 Å². The number of fused-ring (bicyclic) bond motifs is 1. The number of hydrogen-bond acceptors (Lipinski definition) is 3. The van der Waals surface area contributed by atoms with Crippen molar-refractivity contribution in [3.63, 3.8) is 0 Å². The average molecular weight is 279 g/mol. The molecule has 2 aromatic heterocycles. The normalized spacial score (nSPS) is 23.9. The van der Waals surface area contributed by atoms with E-state index in [0.29, 0.717) is 16.9 Å². The van der Waals surface area contributed by atoms with E-state index < -0.39 is 0 Å². The second-order valence-corrected chi connectivity index (χ2v) is 6.04. The van der Waals surface area contributed by atoms with Gasteiger partial charge in [0.05, 0.1) is 5.02 Å². The summed E-state index contributed by atoms with van der Waals surface area (Å²) < 4.78 is 2.04. The highest BCUT2D eigenvalue weighted by Gasteiger charge is 2.23. The predicted molar refractivity (Wildman–Crippen MR) is 78.1 cm³/mol. The molecule has 0 aromatic carbocycles. The van der Waals surface area contributed by atoms with Crippen LogP contribution in [0.15, 0.2) is 12.3 Å². The van der Waals surface area contributed by atoms with Gasteiger partial charge in [-0.15, -0.1) is 0 Å². The number of nitrogens with two attached hydrogens (primary N) is 1. The number of aromatic nitrogens is 3. The maximum Gasteiger partial charge on any atom is 0.202 e. The van der Waals surface area contributed by atoms with Crippen molar-refractivity contribution < 1.29 is 0 Å². The van der Waals surface area contributed by atoms with E-state index in [1.165, 1.54) is 25.7 Å². The molecule has 0 aliphatic heterocycles. The Morgan fingerprint density at radius 1 is 1.42 bits per heavy atom. The highest BCUT2D eigenvalue weighted by atomic mass is 35.5. The van der Waals surface area contributed by atoms with Crippen molar-refractivity contribution in [3.8, 4) is 0 Å². The molecule has 0 bridgehead atoms. The molecular formula is C14H19ClN4. The van der Waals surface area contributed by atoms with E-state index in [-0.39, 0.29) is 0 Å². The lowest BCUT2D eigenvalue weighted by Crippen LogP contribution is -2.22. The summed E-state index contributed by atoms with van der Waals surface area (Å²) >= 11 is 5.94. The van der Waals surface area contributed by atoms with Gasteiger partial charge in [-0.25, -0.2) is 9.97 Å². The zero-order chi connectivity index (χ0) is 13.4. The third-order valence-electron chi connectivity index (χ3n) is 4.29. The van der Waals surface area contributed by atoms with Gasteiger partial charge >= 0.3 is 0 Å². The fraction of sp³-hybridized carbons (Fsp3) is 0.571. The number of imidazole rings is 1. The Morgan fingerprint density at radius 2 is 2.21 bits per heavy atom. The molecule has 5 heteroatoms. The van der Waals surface area contributed by atoms with Gasteiger partial charge in [0, 0.05) is 12.7 Å². The van der Waals surface area contributed by atoms with Crippen molar-refractivity contribution in [1.29, 1.82) is 0 Å². The summed E-state index contributed by atoms with van der Waals surface area (Å²) in [6.07, 6.45) is 6.92. The molecule has 1 fully saturated rings. The second-order valence-electron chi connectivity index (χ2n) is 5.60. The lowest BCUT2D eigenvalue weighted by Gasteiger charge is -2.29. The quantitative estimate of drug-likeness (QED) is 0.915. The summed E-state index contributed by atoms with van der Waals surface area (Å²) in [6.45, 7) is 3.25. The van der Waals surface area contributed by atoms with Gasteiger partial charge in [-0.05, 0) is 24.3 Å². The lowest BCUT2D eigenvalue weighted by molar-refractivity contribution is 0.231. The molecule has 2 unspecified atom stereocenters. The van der Waals surface area contributed by atoms with Crippen LogP contribution in [0.25, 0.3) is 11.2 Å². The minimum atomic E-state index is 0.544. The Kier molecular flexibility index (Phi) is 3.35. The first kappa shape index (κ1) is 12.7. The molecule has 102 valence electrons. The number of nitrogens with zero attached hydrogens (tertiary/aromatic N) is 3. The minimum Gasteiger partial charge on any atom is -0.369 e. The van der Waals surface area contributed by atoms with Crippen molar-refractivity contribution in [2.75, 3.05) is 5.73 Å². The molecule has 0 spiro atoms. The zero-order valence-corrected chi connectivity index (χ0v) is 11.9. The van der Waals surface area contributed by atoms with Crippen LogP contribution < -0.4 is 5.73 Å². The van der Waals surface area contributed by atoms with E-state index in [0.717, 1.165) is 23.6 Å². The van der Waals surface area contributed by atoms with Gasteiger partial charge in [-0.2, -0.15) is 0 Å². The molecule has 0 saturated heterocycles. The van der Waals surface area contributed by atoms with Crippen LogP contribution in [-0.4, -0.2) is 14.5 Å². The molecule has 1 aliphatic rings. The van der Waals surface area contributed by atoms with E-state index in [1.54, 1.807) is 6.20 Å². The Balaban J connectivity index is 1.93. The van der Waals surface area contributed by atoms with Gasteiger partial charge in [-0.3, -0.25) is 4.57 Å². The Morgan fingerprint density at radius 3 is 3.00 bits per heavy atom. The topological polar surface area (TPSA) is 56.7 Å². The van der Waals surface area contributed by atoms with Crippen LogP contribution in [0, 0.1) is 11.8 Å². The first-order chi connectivity index (χ1) is 9.15. The maximum atomic E-state index is 6.03. The van der Waals surface area contributed by atoms with Gasteiger partial charge in [-0.1, -0.05) is 37.8 Å². The van der Waals surface area contributed by atoms with E-state index in [4.69, 9.17) is 17.3 Å². The van der Waals surface area contributed by atoms with E-state index in [1.807, 2.05) is 10.6 Å². The summed E-state index contributed by atoms with van der Waals surface area (Å²) in [5.41, 5.74) is 7.67. The molecule has 2 N–H and O–H groups in total. The number of anilines is 1. The monoisotopic (exact) mass is 278 g/mol. The number of rotatable bonds is 2. The van der Waals surface area contributed by atoms with Crippen molar-refractivity contribution >= 4 is 28.7 Å². The fourth-order valence-corrected chi connectivity index (χ4v) is 3.23. The largest absolute Gasteiger partial charge is 0.369 e. The number of nitrogen functional groups attached to an aromatic ring is 1. The number of pyridine rings is 1. The summed E-state index contributed by atoms with van der Waals surface area (Å²) in [4.78, 5) is 8.74. The van der Waals surface area contributed by atoms with Crippen molar-refractivity contribution in [3.05, 3.63) is 17.3 Å². The lowest BCUT2D eigenvalue weighted by atomic mass is 9.80. The zero-order valence-electron chi connectivity index (χ0n) is 11.1. The van der Waals surface area contributed by atoms with E-state index in [2.05, 4.69) is 16.9 Å². The molecule has 1 saturated carbocycles. The summed E-state index contributed by atoms with van der Waals surface area (Å²) in [7, 11) is 0. The number of halogens is 1. The Bertz CT molecular complexity index is 592. The molecule has 1 aliphatic carbocycles. The molecule has 0 amide bonds. The summed E-state index contributed by atoms with van der Waals surface area (Å²) in [5.74, 6) is 1.96. The van der Waals surface area contributed by atoms with Gasteiger partial charge in [0.2, 0.25) is 5.95 Å². The van der Waals surface area contributed by atoms with Gasteiger partial charge in [0.25, 0.3) is 0 Å². The van der Waals surface area contributed by atoms with Gasteiger partial charge in [0.1, 0.15) is 5.52 Å². The molecule has 2 aromatic rings. The van der Waals surface area contributed by atoms with Crippen LogP contribution in [-0.2, 0) is 6.54 Å². The van der Waals surface area contributed by atoms with E-state index in [9.17, 15) is 0 Å². The Hall–Kier alpha value is -1.29. The molecule has 19 heavy (non-hydrogen) atoms. The van der Waals surface area contributed by atoms with Crippen LogP contribution in [0.4, 0.5) is 5.95 Å². The second kappa shape index (κ2) is 5.00. The average Bonchev–Trinajstić information content (AvgIpc) is 2.68. The van der Waals surface area contributed by atoms with E-state index >= 15 is 0 Å². The molecule has 3 rings (SSSR count). The SMILES string of the molecule is CC1CCCCC1Cn1c(N)nc2cc(Cl)cnc21. The number of hydrogen-bond donors (Lipinski definition) is 1. The van der Waals surface area contributed by atoms with Crippen LogP contribution in [0.3, 0.4) is 0 Å². The molecule has 4 nitrogen and oxygen atoms in total. The highest BCUT2D eigenvalue weighted by molar-refractivity contribution is 6.31. The highest BCUT2D eigenvalue weighted by Crippen LogP contribution is 2.32. The van der Waals surface area contributed by atoms with Crippen molar-refractivity contribution in [2.45, 2.75) is 39.2 Å². The Labute approximate surface area is 118 Å². The summed E-state index contributed by atoms with van der Waals surface area (Å²) in [5, 5.41) is 0.600.